The lowest BCUT2D eigenvalue weighted by molar-refractivity contribution is -0.138. The SMILES string of the molecule is CC(C)C(C)(C)CNC(=O)N1CCSCC1CC(=O)O. The van der Waals surface area contributed by atoms with Crippen molar-refractivity contribution >= 4 is 23.8 Å². The van der Waals surface area contributed by atoms with Crippen LogP contribution in [-0.4, -0.2) is 52.6 Å². The van der Waals surface area contributed by atoms with Crippen molar-refractivity contribution in [2.75, 3.05) is 24.6 Å². The van der Waals surface area contributed by atoms with E-state index in [1.807, 2.05) is 0 Å². The number of carbonyl (C=O) groups is 2. The van der Waals surface area contributed by atoms with E-state index in [0.29, 0.717) is 24.8 Å². The molecule has 1 unspecified atom stereocenters. The van der Waals surface area contributed by atoms with Gasteiger partial charge in [0.2, 0.25) is 0 Å². The third-order valence-electron chi connectivity index (χ3n) is 4.16. The smallest absolute Gasteiger partial charge is 0.317 e. The van der Waals surface area contributed by atoms with Gasteiger partial charge in [0.25, 0.3) is 0 Å². The molecule has 0 radical (unpaired) electrons. The second-order valence-corrected chi connectivity index (χ2v) is 7.47. The third kappa shape index (κ3) is 4.89. The van der Waals surface area contributed by atoms with E-state index in [4.69, 9.17) is 5.11 Å². The highest BCUT2D eigenvalue weighted by Crippen LogP contribution is 2.25. The summed E-state index contributed by atoms with van der Waals surface area (Å²) >= 11 is 1.71. The van der Waals surface area contributed by atoms with Crippen LogP contribution in [0.1, 0.15) is 34.1 Å². The van der Waals surface area contributed by atoms with Gasteiger partial charge in [-0.15, -0.1) is 0 Å². The van der Waals surface area contributed by atoms with Crippen LogP contribution >= 0.6 is 11.8 Å². The maximum atomic E-state index is 12.3. The number of hydrogen-bond donors (Lipinski definition) is 2. The number of carboxylic acid groups (broad SMARTS) is 1. The van der Waals surface area contributed by atoms with Crippen molar-refractivity contribution in [3.8, 4) is 0 Å². The molecule has 1 aliphatic heterocycles. The number of aliphatic carboxylic acids is 1. The molecular formula is C14H26N2O3S. The summed E-state index contributed by atoms with van der Waals surface area (Å²) in [4.78, 5) is 24.8. The highest BCUT2D eigenvalue weighted by atomic mass is 32.2. The fourth-order valence-corrected chi connectivity index (χ4v) is 2.96. The summed E-state index contributed by atoms with van der Waals surface area (Å²) in [5, 5.41) is 11.9. The summed E-state index contributed by atoms with van der Waals surface area (Å²) in [7, 11) is 0. The summed E-state index contributed by atoms with van der Waals surface area (Å²) in [5.74, 6) is 1.19. The van der Waals surface area contributed by atoms with Crippen LogP contribution in [0.25, 0.3) is 0 Å². The molecule has 0 spiro atoms. The molecular weight excluding hydrogens is 276 g/mol. The fourth-order valence-electron chi connectivity index (χ4n) is 1.90. The number of amides is 2. The first-order chi connectivity index (χ1) is 9.24. The molecule has 1 aliphatic rings. The Morgan fingerprint density at radius 1 is 1.45 bits per heavy atom. The van der Waals surface area contributed by atoms with Crippen molar-refractivity contribution in [3.63, 3.8) is 0 Å². The molecule has 5 nitrogen and oxygen atoms in total. The molecule has 0 saturated carbocycles. The monoisotopic (exact) mass is 302 g/mol. The van der Waals surface area contributed by atoms with Gasteiger partial charge in [0.05, 0.1) is 12.5 Å². The van der Waals surface area contributed by atoms with E-state index < -0.39 is 5.97 Å². The summed E-state index contributed by atoms with van der Waals surface area (Å²) in [6, 6.07) is -0.335. The van der Waals surface area contributed by atoms with Crippen molar-refractivity contribution in [2.45, 2.75) is 40.2 Å². The Hall–Kier alpha value is -0.910. The second kappa shape index (κ2) is 7.20. The van der Waals surface area contributed by atoms with E-state index in [1.165, 1.54) is 0 Å². The van der Waals surface area contributed by atoms with Crippen LogP contribution < -0.4 is 5.32 Å². The summed E-state index contributed by atoms with van der Waals surface area (Å²) in [6.07, 6.45) is 0.0218. The zero-order valence-electron chi connectivity index (χ0n) is 12.8. The quantitative estimate of drug-likeness (QED) is 0.817. The van der Waals surface area contributed by atoms with Crippen molar-refractivity contribution in [1.82, 2.24) is 10.2 Å². The number of carbonyl (C=O) groups excluding carboxylic acids is 1. The van der Waals surface area contributed by atoms with Gasteiger partial charge in [-0.3, -0.25) is 4.79 Å². The van der Waals surface area contributed by atoms with E-state index in [1.54, 1.807) is 16.7 Å². The molecule has 2 N–H and O–H groups in total. The van der Waals surface area contributed by atoms with Crippen LogP contribution in [0.2, 0.25) is 0 Å². The predicted molar refractivity (Wildman–Crippen MR) is 82.1 cm³/mol. The molecule has 0 aromatic carbocycles. The first-order valence-electron chi connectivity index (χ1n) is 7.08. The number of nitrogens with zero attached hydrogens (tertiary/aromatic N) is 1. The first-order valence-corrected chi connectivity index (χ1v) is 8.23. The van der Waals surface area contributed by atoms with Crippen molar-refractivity contribution in [2.24, 2.45) is 11.3 Å². The van der Waals surface area contributed by atoms with Gasteiger partial charge in [-0.1, -0.05) is 27.7 Å². The van der Waals surface area contributed by atoms with Crippen LogP contribution in [0.4, 0.5) is 4.79 Å². The van der Waals surface area contributed by atoms with Gasteiger partial charge in [0.1, 0.15) is 0 Å². The molecule has 20 heavy (non-hydrogen) atoms. The molecule has 0 bridgehead atoms. The number of thioether (sulfide) groups is 1. The molecule has 1 rings (SSSR count). The highest BCUT2D eigenvalue weighted by molar-refractivity contribution is 7.99. The van der Waals surface area contributed by atoms with Gasteiger partial charge >= 0.3 is 12.0 Å². The second-order valence-electron chi connectivity index (χ2n) is 6.32. The lowest BCUT2D eigenvalue weighted by Gasteiger charge is -2.36. The van der Waals surface area contributed by atoms with Gasteiger partial charge in [0, 0.05) is 24.6 Å². The van der Waals surface area contributed by atoms with Gasteiger partial charge in [-0.05, 0) is 11.3 Å². The largest absolute Gasteiger partial charge is 0.481 e. The third-order valence-corrected chi connectivity index (χ3v) is 5.25. The lowest BCUT2D eigenvalue weighted by Crippen LogP contribution is -2.52. The van der Waals surface area contributed by atoms with E-state index >= 15 is 0 Å². The Bertz CT molecular complexity index is 358. The maximum absolute atomic E-state index is 12.3. The van der Waals surface area contributed by atoms with Crippen molar-refractivity contribution < 1.29 is 14.7 Å². The van der Waals surface area contributed by atoms with Crippen molar-refractivity contribution in [1.29, 1.82) is 0 Å². The Balaban J connectivity index is 2.57. The molecule has 2 amide bonds. The minimum absolute atomic E-state index is 0.0218. The standard InChI is InChI=1S/C14H26N2O3S/c1-10(2)14(3,4)9-15-13(19)16-5-6-20-8-11(16)7-12(17)18/h10-11H,5-9H2,1-4H3,(H,15,19)(H,17,18). The molecule has 1 fully saturated rings. The highest BCUT2D eigenvalue weighted by Gasteiger charge is 2.30. The maximum Gasteiger partial charge on any atom is 0.317 e. The minimum atomic E-state index is -0.849. The van der Waals surface area contributed by atoms with Crippen LogP contribution in [0.3, 0.4) is 0 Å². The van der Waals surface area contributed by atoms with Crippen LogP contribution in [-0.2, 0) is 4.79 Å². The van der Waals surface area contributed by atoms with Crippen molar-refractivity contribution in [3.05, 3.63) is 0 Å². The van der Waals surface area contributed by atoms with Gasteiger partial charge in [0.15, 0.2) is 0 Å². The van der Waals surface area contributed by atoms with Gasteiger partial charge in [-0.2, -0.15) is 11.8 Å². The number of hydrogen-bond acceptors (Lipinski definition) is 3. The topological polar surface area (TPSA) is 69.6 Å². The average molecular weight is 302 g/mol. The summed E-state index contributed by atoms with van der Waals surface area (Å²) in [6.45, 7) is 9.74. The van der Waals surface area contributed by atoms with E-state index in [9.17, 15) is 9.59 Å². The van der Waals surface area contributed by atoms with Gasteiger partial charge < -0.3 is 15.3 Å². The average Bonchev–Trinajstić information content (AvgIpc) is 2.36. The molecule has 1 atom stereocenters. The van der Waals surface area contributed by atoms with Gasteiger partial charge in [-0.25, -0.2) is 4.79 Å². The Morgan fingerprint density at radius 3 is 2.65 bits per heavy atom. The zero-order chi connectivity index (χ0) is 15.3. The molecule has 1 heterocycles. The molecule has 0 aliphatic carbocycles. The van der Waals surface area contributed by atoms with E-state index in [2.05, 4.69) is 33.0 Å². The molecule has 6 heteroatoms. The predicted octanol–water partition coefficient (Wildman–Crippen LogP) is 2.27. The van der Waals surface area contributed by atoms with E-state index in [-0.39, 0.29) is 23.9 Å². The van der Waals surface area contributed by atoms with Crippen LogP contribution in [0.5, 0.6) is 0 Å². The first kappa shape index (κ1) is 17.1. The summed E-state index contributed by atoms with van der Waals surface area (Å²) < 4.78 is 0. The van der Waals surface area contributed by atoms with E-state index in [0.717, 1.165) is 5.75 Å². The Kier molecular flexibility index (Phi) is 6.17. The molecule has 116 valence electrons. The number of rotatable bonds is 5. The lowest BCUT2D eigenvalue weighted by atomic mass is 9.81. The Morgan fingerprint density at radius 2 is 2.10 bits per heavy atom. The Labute approximate surface area is 125 Å². The van der Waals surface area contributed by atoms with Crippen LogP contribution in [0.15, 0.2) is 0 Å². The fraction of sp³-hybridized carbons (Fsp3) is 0.857. The number of urea groups is 1. The van der Waals surface area contributed by atoms with Crippen LogP contribution in [0, 0.1) is 11.3 Å². The molecule has 1 saturated heterocycles. The zero-order valence-corrected chi connectivity index (χ0v) is 13.6. The molecule has 0 aromatic rings. The number of carboxylic acids is 1. The normalized spacial score (nSPS) is 20.1. The summed E-state index contributed by atoms with van der Waals surface area (Å²) in [5.41, 5.74) is 0.0302. The minimum Gasteiger partial charge on any atom is -0.481 e. The number of nitrogens with one attached hydrogen (secondary N) is 1. The molecule has 0 aromatic heterocycles.